The minimum absolute atomic E-state index is 0.0342. The molecule has 0 fully saturated rings. The van der Waals surface area contributed by atoms with Crippen molar-refractivity contribution in [1.82, 2.24) is 16.2 Å². The molecule has 136 valence electrons. The molecule has 0 heterocycles. The number of thiocarbonyl (C=S) groups is 1. The van der Waals surface area contributed by atoms with E-state index in [1.54, 1.807) is 6.07 Å². The number of benzene rings is 2. The van der Waals surface area contributed by atoms with E-state index in [1.807, 2.05) is 55.5 Å². The molecule has 0 aromatic heterocycles. The average Bonchev–Trinajstić information content (AvgIpc) is 2.64. The predicted molar refractivity (Wildman–Crippen MR) is 103 cm³/mol. The molecule has 0 saturated carbocycles. The Balaban J connectivity index is 1.62. The molecule has 0 aliphatic carbocycles. The number of hydrogen-bond acceptors (Lipinski definition) is 4. The Kier molecular flexibility index (Phi) is 7.57. The van der Waals surface area contributed by atoms with Crippen LogP contribution in [0.1, 0.15) is 17.5 Å². The van der Waals surface area contributed by atoms with E-state index < -0.39 is 5.91 Å². The van der Waals surface area contributed by atoms with E-state index >= 15 is 0 Å². The quantitative estimate of drug-likeness (QED) is 0.535. The summed E-state index contributed by atoms with van der Waals surface area (Å²) in [5.41, 5.74) is 6.97. The van der Waals surface area contributed by atoms with E-state index in [-0.39, 0.29) is 17.6 Å². The van der Waals surface area contributed by atoms with Crippen LogP contribution in [0.15, 0.2) is 54.6 Å². The molecule has 0 aliphatic rings. The van der Waals surface area contributed by atoms with Crippen LogP contribution in [0.5, 0.6) is 5.75 Å². The van der Waals surface area contributed by atoms with E-state index in [0.29, 0.717) is 18.6 Å². The highest BCUT2D eigenvalue weighted by atomic mass is 32.1. The van der Waals surface area contributed by atoms with Crippen LogP contribution >= 0.6 is 12.2 Å². The van der Waals surface area contributed by atoms with Gasteiger partial charge in [0.05, 0.1) is 0 Å². The van der Waals surface area contributed by atoms with Gasteiger partial charge in [0.1, 0.15) is 5.75 Å². The first kappa shape index (κ1) is 19.4. The first-order chi connectivity index (χ1) is 12.5. The lowest BCUT2D eigenvalue weighted by Gasteiger charge is -2.11. The zero-order valence-corrected chi connectivity index (χ0v) is 15.3. The van der Waals surface area contributed by atoms with Gasteiger partial charge in [-0.2, -0.15) is 0 Å². The molecule has 6 nitrogen and oxygen atoms in total. The molecule has 0 aliphatic heterocycles. The molecular formula is C19H21N3O3S. The lowest BCUT2D eigenvalue weighted by atomic mass is 10.1. The van der Waals surface area contributed by atoms with Crippen LogP contribution in [-0.4, -0.2) is 23.5 Å². The topological polar surface area (TPSA) is 79.5 Å². The van der Waals surface area contributed by atoms with E-state index in [1.165, 1.54) is 0 Å². The van der Waals surface area contributed by atoms with Crippen molar-refractivity contribution in [3.63, 3.8) is 0 Å². The van der Waals surface area contributed by atoms with Crippen molar-refractivity contribution < 1.29 is 14.3 Å². The third kappa shape index (κ3) is 7.31. The van der Waals surface area contributed by atoms with Crippen molar-refractivity contribution in [3.05, 3.63) is 65.7 Å². The highest BCUT2D eigenvalue weighted by Gasteiger charge is 2.07. The van der Waals surface area contributed by atoms with Crippen LogP contribution in [0.25, 0.3) is 0 Å². The highest BCUT2D eigenvalue weighted by Crippen LogP contribution is 2.11. The Morgan fingerprint density at radius 3 is 2.50 bits per heavy atom. The standard InChI is InChI=1S/C19H21N3O3S/c1-14-6-5-9-16(12-14)25-13-18(24)21-22-19(26)20-17(23)11-10-15-7-3-2-4-8-15/h2-9,12H,10-11,13H2,1H3,(H,21,24)(H2,20,22,23,26). The Hall–Kier alpha value is -2.93. The third-order valence-corrected chi connectivity index (χ3v) is 3.62. The van der Waals surface area contributed by atoms with Gasteiger partial charge in [-0.3, -0.25) is 20.4 Å². The molecule has 0 atom stereocenters. The number of carbonyl (C=O) groups excluding carboxylic acids is 2. The molecule has 0 unspecified atom stereocenters. The van der Waals surface area contributed by atoms with E-state index in [9.17, 15) is 9.59 Å². The van der Waals surface area contributed by atoms with Crippen molar-refractivity contribution in [2.45, 2.75) is 19.8 Å². The number of hydrazine groups is 1. The summed E-state index contributed by atoms with van der Waals surface area (Å²) in [6.45, 7) is 1.77. The molecule has 2 aromatic rings. The van der Waals surface area contributed by atoms with Gasteiger partial charge < -0.3 is 10.1 Å². The van der Waals surface area contributed by atoms with Crippen LogP contribution in [0.3, 0.4) is 0 Å². The third-order valence-electron chi connectivity index (χ3n) is 3.41. The number of aryl methyl sites for hydroxylation is 2. The van der Waals surface area contributed by atoms with Gasteiger partial charge in [-0.05, 0) is 48.8 Å². The number of rotatable bonds is 6. The number of carbonyl (C=O) groups is 2. The Morgan fingerprint density at radius 2 is 1.77 bits per heavy atom. The Bertz CT molecular complexity index is 766. The second-order valence-corrected chi connectivity index (χ2v) is 6.05. The second-order valence-electron chi connectivity index (χ2n) is 5.64. The smallest absolute Gasteiger partial charge is 0.276 e. The normalized spacial score (nSPS) is 9.88. The van der Waals surface area contributed by atoms with Gasteiger partial charge in [0.2, 0.25) is 5.91 Å². The fraction of sp³-hybridized carbons (Fsp3) is 0.211. The molecule has 3 N–H and O–H groups in total. The van der Waals surface area contributed by atoms with Gasteiger partial charge in [-0.25, -0.2) is 0 Å². The summed E-state index contributed by atoms with van der Waals surface area (Å²) in [4.78, 5) is 23.6. The van der Waals surface area contributed by atoms with Crippen LogP contribution in [0, 0.1) is 6.92 Å². The number of nitrogens with one attached hydrogen (secondary N) is 3. The summed E-state index contributed by atoms with van der Waals surface area (Å²) in [5.74, 6) is -0.0269. The van der Waals surface area contributed by atoms with Crippen LogP contribution in [0.4, 0.5) is 0 Å². The molecular weight excluding hydrogens is 350 g/mol. The van der Waals surface area contributed by atoms with Crippen molar-refractivity contribution in [2.24, 2.45) is 0 Å². The molecule has 2 rings (SSSR count). The van der Waals surface area contributed by atoms with Crippen molar-refractivity contribution in [2.75, 3.05) is 6.61 Å². The second kappa shape index (κ2) is 10.1. The largest absolute Gasteiger partial charge is 0.484 e. The first-order valence-electron chi connectivity index (χ1n) is 8.15. The van der Waals surface area contributed by atoms with Crippen LogP contribution < -0.4 is 20.9 Å². The number of ether oxygens (including phenoxy) is 1. The molecule has 2 amide bonds. The molecule has 26 heavy (non-hydrogen) atoms. The zero-order chi connectivity index (χ0) is 18.8. The minimum Gasteiger partial charge on any atom is -0.484 e. The number of amides is 2. The van der Waals surface area contributed by atoms with E-state index in [0.717, 1.165) is 11.1 Å². The summed E-state index contributed by atoms with van der Waals surface area (Å²) in [7, 11) is 0. The molecule has 2 aromatic carbocycles. The summed E-state index contributed by atoms with van der Waals surface area (Å²) < 4.78 is 5.37. The van der Waals surface area contributed by atoms with Gasteiger partial charge in [0.25, 0.3) is 5.91 Å². The molecule has 0 bridgehead atoms. The summed E-state index contributed by atoms with van der Waals surface area (Å²) >= 11 is 4.98. The molecule has 7 heteroatoms. The van der Waals surface area contributed by atoms with Crippen molar-refractivity contribution >= 4 is 29.1 Å². The van der Waals surface area contributed by atoms with Crippen molar-refractivity contribution in [3.8, 4) is 5.75 Å². The van der Waals surface area contributed by atoms with Gasteiger partial charge in [-0.15, -0.1) is 0 Å². The average molecular weight is 371 g/mol. The van der Waals surface area contributed by atoms with Gasteiger partial charge in [0, 0.05) is 6.42 Å². The fourth-order valence-corrected chi connectivity index (χ4v) is 2.30. The zero-order valence-electron chi connectivity index (χ0n) is 14.5. The maximum atomic E-state index is 11.8. The van der Waals surface area contributed by atoms with Crippen LogP contribution in [-0.2, 0) is 16.0 Å². The van der Waals surface area contributed by atoms with Gasteiger partial charge in [-0.1, -0.05) is 42.5 Å². The maximum Gasteiger partial charge on any atom is 0.276 e. The maximum absolute atomic E-state index is 11.8. The lowest BCUT2D eigenvalue weighted by molar-refractivity contribution is -0.124. The van der Waals surface area contributed by atoms with E-state index in [2.05, 4.69) is 16.2 Å². The van der Waals surface area contributed by atoms with E-state index in [4.69, 9.17) is 17.0 Å². The lowest BCUT2D eigenvalue weighted by Crippen LogP contribution is -2.49. The summed E-state index contributed by atoms with van der Waals surface area (Å²) in [5, 5.41) is 2.55. The molecule has 0 spiro atoms. The van der Waals surface area contributed by atoms with Crippen LogP contribution in [0.2, 0.25) is 0 Å². The summed E-state index contributed by atoms with van der Waals surface area (Å²) in [6, 6.07) is 17.1. The Labute approximate surface area is 157 Å². The first-order valence-corrected chi connectivity index (χ1v) is 8.56. The van der Waals surface area contributed by atoms with Gasteiger partial charge >= 0.3 is 0 Å². The predicted octanol–water partition coefficient (Wildman–Crippen LogP) is 2.03. The monoisotopic (exact) mass is 371 g/mol. The summed E-state index contributed by atoms with van der Waals surface area (Å²) in [6.07, 6.45) is 0.919. The molecule has 0 radical (unpaired) electrons. The Morgan fingerprint density at radius 1 is 1.00 bits per heavy atom. The molecule has 0 saturated heterocycles. The minimum atomic E-state index is -0.410. The van der Waals surface area contributed by atoms with Gasteiger partial charge in [0.15, 0.2) is 11.7 Å². The SMILES string of the molecule is Cc1cccc(OCC(=O)NNC(=S)NC(=O)CCc2ccccc2)c1. The fourth-order valence-electron chi connectivity index (χ4n) is 2.14. The van der Waals surface area contributed by atoms with Crippen molar-refractivity contribution in [1.29, 1.82) is 0 Å². The number of hydrogen-bond donors (Lipinski definition) is 3. The highest BCUT2D eigenvalue weighted by molar-refractivity contribution is 7.80.